The monoisotopic (exact) mass is 481 g/mol. The molecular weight excluding hydrogens is 443 g/mol. The van der Waals surface area contributed by atoms with Gasteiger partial charge >= 0.3 is 6.18 Å². The van der Waals surface area contributed by atoms with Crippen molar-refractivity contribution < 1.29 is 22.7 Å². The molecule has 1 aromatic rings. The van der Waals surface area contributed by atoms with Crippen molar-refractivity contribution in [1.29, 1.82) is 0 Å². The molecule has 0 bridgehead atoms. The maximum Gasteiger partial charge on any atom is 0.451 e. The molecular formula is C26H38F3N3O2. The van der Waals surface area contributed by atoms with Crippen LogP contribution in [0.2, 0.25) is 0 Å². The lowest BCUT2D eigenvalue weighted by Gasteiger charge is -2.18. The molecule has 1 unspecified atom stereocenters. The van der Waals surface area contributed by atoms with E-state index in [1.54, 1.807) is 6.20 Å². The van der Waals surface area contributed by atoms with E-state index in [1.807, 2.05) is 26.8 Å². The summed E-state index contributed by atoms with van der Waals surface area (Å²) < 4.78 is 42.9. The minimum Gasteiger partial charge on any atom is -0.484 e. The highest BCUT2D eigenvalue weighted by molar-refractivity contribution is 5.90. The van der Waals surface area contributed by atoms with Crippen LogP contribution in [0.3, 0.4) is 0 Å². The van der Waals surface area contributed by atoms with E-state index in [1.165, 1.54) is 6.08 Å². The van der Waals surface area contributed by atoms with Crippen molar-refractivity contribution in [1.82, 2.24) is 9.97 Å². The second-order valence-electron chi connectivity index (χ2n) is 7.32. The molecule has 0 N–H and O–H groups in total. The molecule has 0 spiro atoms. The van der Waals surface area contributed by atoms with Crippen LogP contribution >= 0.6 is 0 Å². The van der Waals surface area contributed by atoms with Gasteiger partial charge in [-0.15, -0.1) is 12.8 Å². The molecule has 0 aromatic carbocycles. The van der Waals surface area contributed by atoms with Crippen molar-refractivity contribution in [2.75, 3.05) is 6.61 Å². The van der Waals surface area contributed by atoms with Gasteiger partial charge in [0.1, 0.15) is 6.61 Å². The van der Waals surface area contributed by atoms with Crippen molar-refractivity contribution in [3.63, 3.8) is 0 Å². The molecule has 0 aliphatic heterocycles. The Balaban J connectivity index is 0. The first-order chi connectivity index (χ1) is 16.1. The zero-order chi connectivity index (χ0) is 26.6. The zero-order valence-electron chi connectivity index (χ0n) is 20.9. The van der Waals surface area contributed by atoms with E-state index in [0.29, 0.717) is 5.92 Å². The second-order valence-corrected chi connectivity index (χ2v) is 7.32. The molecule has 34 heavy (non-hydrogen) atoms. The molecule has 0 saturated heterocycles. The number of alkyl halides is 3. The summed E-state index contributed by atoms with van der Waals surface area (Å²) in [4.78, 5) is 21.7. The van der Waals surface area contributed by atoms with Crippen molar-refractivity contribution in [2.45, 2.75) is 72.9 Å². The van der Waals surface area contributed by atoms with E-state index in [2.05, 4.69) is 48.2 Å². The number of rotatable bonds is 12. The molecule has 0 radical (unpaired) electrons. The quantitative estimate of drug-likeness (QED) is 0.181. The molecule has 1 heterocycles. The number of aromatic nitrogens is 2. The van der Waals surface area contributed by atoms with Gasteiger partial charge in [-0.2, -0.15) is 13.2 Å². The summed E-state index contributed by atoms with van der Waals surface area (Å²) in [6, 6.07) is 0. The Morgan fingerprint density at radius 1 is 1.18 bits per heavy atom. The van der Waals surface area contributed by atoms with Gasteiger partial charge in [-0.3, -0.25) is 9.79 Å². The largest absolute Gasteiger partial charge is 0.484 e. The number of ketones is 1. The lowest BCUT2D eigenvalue weighted by molar-refractivity contribution is -0.145. The zero-order valence-corrected chi connectivity index (χ0v) is 20.9. The van der Waals surface area contributed by atoms with Gasteiger partial charge in [0.15, 0.2) is 11.5 Å². The molecule has 5 nitrogen and oxygen atoms in total. The van der Waals surface area contributed by atoms with Crippen LogP contribution in [0, 0.1) is 24.7 Å². The number of carbonyl (C=O) groups excluding carboxylic acids is 1. The lowest BCUT2D eigenvalue weighted by atomic mass is 9.93. The van der Waals surface area contributed by atoms with Gasteiger partial charge in [0.25, 0.3) is 0 Å². The van der Waals surface area contributed by atoms with Crippen molar-refractivity contribution in [3.05, 3.63) is 43.1 Å². The van der Waals surface area contributed by atoms with E-state index in [9.17, 15) is 18.0 Å². The van der Waals surface area contributed by atoms with Gasteiger partial charge in [0.2, 0.25) is 5.82 Å². The number of carbonyl (C=O) groups is 1. The van der Waals surface area contributed by atoms with Crippen LogP contribution in [0.5, 0.6) is 5.75 Å². The average molecular weight is 482 g/mol. The molecule has 0 saturated carbocycles. The SMILES string of the molecule is C#C.C/C=C\N=C(COc1cnc(C(F)(F)F)nc1)C(CCC)CCC.C=CC(=O)C(C)CC. The number of terminal acetylenes is 1. The van der Waals surface area contributed by atoms with Crippen LogP contribution in [-0.2, 0) is 11.0 Å². The van der Waals surface area contributed by atoms with Crippen molar-refractivity contribution in [3.8, 4) is 18.6 Å². The number of ether oxygens (including phenoxy) is 1. The molecule has 0 aliphatic rings. The van der Waals surface area contributed by atoms with Crippen molar-refractivity contribution in [2.24, 2.45) is 16.8 Å². The summed E-state index contributed by atoms with van der Waals surface area (Å²) in [6.45, 7) is 13.6. The predicted octanol–water partition coefficient (Wildman–Crippen LogP) is 7.10. The van der Waals surface area contributed by atoms with Gasteiger partial charge in [-0.1, -0.05) is 53.2 Å². The van der Waals surface area contributed by atoms with E-state index in [-0.39, 0.29) is 24.1 Å². The number of allylic oxidation sites excluding steroid dienone is 2. The van der Waals surface area contributed by atoms with Gasteiger partial charge in [0.05, 0.1) is 18.1 Å². The number of hydrogen-bond donors (Lipinski definition) is 0. The first kappa shape index (κ1) is 33.2. The third-order valence-corrected chi connectivity index (χ3v) is 4.70. The first-order valence-electron chi connectivity index (χ1n) is 11.3. The Hall–Kier alpha value is -2.95. The average Bonchev–Trinajstić information content (AvgIpc) is 2.84. The van der Waals surface area contributed by atoms with Crippen LogP contribution in [-0.4, -0.2) is 28.1 Å². The summed E-state index contributed by atoms with van der Waals surface area (Å²) in [7, 11) is 0. The smallest absolute Gasteiger partial charge is 0.451 e. The van der Waals surface area contributed by atoms with Crippen LogP contribution in [0.1, 0.15) is 72.5 Å². The Bertz CT molecular complexity index is 764. The minimum atomic E-state index is -4.55. The Labute approximate surface area is 202 Å². The predicted molar refractivity (Wildman–Crippen MR) is 133 cm³/mol. The topological polar surface area (TPSA) is 64.4 Å². The van der Waals surface area contributed by atoms with Gasteiger partial charge < -0.3 is 4.74 Å². The van der Waals surface area contributed by atoms with E-state index in [0.717, 1.165) is 50.2 Å². The molecule has 1 aromatic heterocycles. The van der Waals surface area contributed by atoms with E-state index >= 15 is 0 Å². The van der Waals surface area contributed by atoms with Gasteiger partial charge in [-0.25, -0.2) is 9.97 Å². The van der Waals surface area contributed by atoms with Crippen LogP contribution < -0.4 is 4.74 Å². The van der Waals surface area contributed by atoms with Gasteiger partial charge in [0, 0.05) is 18.0 Å². The maximum absolute atomic E-state index is 12.5. The second kappa shape index (κ2) is 19.5. The van der Waals surface area contributed by atoms with Crippen LogP contribution in [0.4, 0.5) is 13.2 Å². The highest BCUT2D eigenvalue weighted by Gasteiger charge is 2.34. The summed E-state index contributed by atoms with van der Waals surface area (Å²) in [5, 5.41) is 0. The third-order valence-electron chi connectivity index (χ3n) is 4.70. The lowest BCUT2D eigenvalue weighted by Crippen LogP contribution is -2.22. The van der Waals surface area contributed by atoms with E-state index < -0.39 is 12.0 Å². The van der Waals surface area contributed by atoms with E-state index in [4.69, 9.17) is 4.74 Å². The third kappa shape index (κ3) is 14.2. The Morgan fingerprint density at radius 2 is 1.71 bits per heavy atom. The van der Waals surface area contributed by atoms with Crippen LogP contribution in [0.15, 0.2) is 42.3 Å². The highest BCUT2D eigenvalue weighted by atomic mass is 19.4. The highest BCUT2D eigenvalue weighted by Crippen LogP contribution is 2.26. The fraction of sp³-hybridized carbons (Fsp3) is 0.538. The Morgan fingerprint density at radius 3 is 2.06 bits per heavy atom. The minimum absolute atomic E-state index is 0.146. The van der Waals surface area contributed by atoms with Crippen LogP contribution in [0.25, 0.3) is 0 Å². The molecule has 0 amide bonds. The summed E-state index contributed by atoms with van der Waals surface area (Å²) >= 11 is 0. The standard InChI is InChI=1S/C17H24F3N3O.C7H12O.C2H2/c1-4-7-13(8-5-2)15(21-9-6-3)12-24-14-10-22-16(23-11-14)17(18,19)20;1-4-6(3)7(8)5-2;1-2/h6,9-11,13H,4-5,7-8,12H2,1-3H3;5-6H,2,4H2,1,3H3;1-2H/b9-6-,21-15?;;. The van der Waals surface area contributed by atoms with Gasteiger partial charge in [-0.05, 0) is 32.3 Å². The fourth-order valence-corrected chi connectivity index (χ4v) is 2.70. The number of nitrogens with zero attached hydrogens (tertiary/aromatic N) is 3. The number of halogens is 3. The number of hydrogen-bond acceptors (Lipinski definition) is 5. The summed E-state index contributed by atoms with van der Waals surface area (Å²) in [5.41, 5.74) is 0.886. The molecule has 0 fully saturated rings. The molecule has 1 rings (SSSR count). The summed E-state index contributed by atoms with van der Waals surface area (Å²) in [6.07, 6.45) is 15.4. The molecule has 0 aliphatic carbocycles. The first-order valence-corrected chi connectivity index (χ1v) is 11.3. The van der Waals surface area contributed by atoms with Crippen molar-refractivity contribution >= 4 is 11.5 Å². The Kier molecular flexibility index (Phi) is 19.1. The number of aliphatic imine (C=N–C) groups is 1. The fourth-order valence-electron chi connectivity index (χ4n) is 2.70. The molecule has 8 heteroatoms. The molecule has 1 atom stereocenters. The summed E-state index contributed by atoms with van der Waals surface area (Å²) in [5.74, 6) is -0.373. The normalized spacial score (nSPS) is 12.3. The maximum atomic E-state index is 12.5. The molecule has 190 valence electrons.